The van der Waals surface area contributed by atoms with Gasteiger partial charge in [0.05, 0.1) is 16.7 Å². The van der Waals surface area contributed by atoms with Gasteiger partial charge in [0, 0.05) is 18.5 Å². The third-order valence-corrected chi connectivity index (χ3v) is 5.52. The van der Waals surface area contributed by atoms with E-state index < -0.39 is 0 Å². The summed E-state index contributed by atoms with van der Waals surface area (Å²) in [6.45, 7) is 7.06. The summed E-state index contributed by atoms with van der Waals surface area (Å²) in [7, 11) is 0. The molecule has 3 rings (SSSR count). The van der Waals surface area contributed by atoms with E-state index in [0.717, 1.165) is 50.6 Å². The van der Waals surface area contributed by atoms with Crippen LogP contribution in [0.2, 0.25) is 0 Å². The molecule has 2 aliphatic heterocycles. The average Bonchev–Trinajstić information content (AvgIpc) is 3.18. The van der Waals surface area contributed by atoms with Crippen molar-refractivity contribution in [2.45, 2.75) is 45.2 Å². The summed E-state index contributed by atoms with van der Waals surface area (Å²) in [5, 5.41) is 9.70. The maximum atomic E-state index is 12.0. The molecule has 0 bridgehead atoms. The topological polar surface area (TPSA) is 57.3 Å². The van der Waals surface area contributed by atoms with Crippen molar-refractivity contribution in [1.29, 1.82) is 0 Å². The minimum atomic E-state index is 0. The van der Waals surface area contributed by atoms with Crippen molar-refractivity contribution in [3.05, 3.63) is 16.1 Å². The number of halogens is 2. The van der Waals surface area contributed by atoms with Crippen LogP contribution in [-0.2, 0) is 11.3 Å². The molecule has 8 heteroatoms. The number of aromatic nitrogens is 1. The molecule has 2 aliphatic rings. The summed E-state index contributed by atoms with van der Waals surface area (Å²) >= 11 is 1.73. The summed E-state index contributed by atoms with van der Waals surface area (Å²) < 4.78 is 0. The Morgan fingerprint density at radius 1 is 1.38 bits per heavy atom. The molecule has 24 heavy (non-hydrogen) atoms. The molecule has 1 aromatic heterocycles. The number of nitrogens with one attached hydrogen (secondary N) is 2. The lowest BCUT2D eigenvalue weighted by molar-refractivity contribution is -0.123. The molecule has 5 nitrogen and oxygen atoms in total. The Morgan fingerprint density at radius 2 is 2.12 bits per heavy atom. The van der Waals surface area contributed by atoms with Crippen molar-refractivity contribution in [3.63, 3.8) is 0 Å². The van der Waals surface area contributed by atoms with Crippen LogP contribution >= 0.6 is 36.2 Å². The average molecular weight is 395 g/mol. The van der Waals surface area contributed by atoms with E-state index in [2.05, 4.69) is 32.8 Å². The maximum absolute atomic E-state index is 12.0. The number of amides is 1. The molecule has 1 aromatic rings. The lowest BCUT2D eigenvalue weighted by Gasteiger charge is -2.31. The fraction of sp³-hybridized carbons (Fsp3) is 0.750. The van der Waals surface area contributed by atoms with Crippen molar-refractivity contribution < 1.29 is 4.79 Å². The van der Waals surface area contributed by atoms with Crippen LogP contribution in [0.25, 0.3) is 0 Å². The zero-order chi connectivity index (χ0) is 15.4. The lowest BCUT2D eigenvalue weighted by atomic mass is 9.96. The molecule has 2 fully saturated rings. The zero-order valence-corrected chi connectivity index (χ0v) is 16.6. The van der Waals surface area contributed by atoms with Gasteiger partial charge in [-0.05, 0) is 58.2 Å². The Bertz CT molecular complexity index is 500. The van der Waals surface area contributed by atoms with Crippen LogP contribution in [0.1, 0.15) is 36.4 Å². The molecule has 0 radical (unpaired) electrons. The second kappa shape index (κ2) is 10.6. The fourth-order valence-electron chi connectivity index (χ4n) is 3.34. The van der Waals surface area contributed by atoms with Gasteiger partial charge in [-0.25, -0.2) is 4.98 Å². The smallest absolute Gasteiger partial charge is 0.237 e. The first-order chi connectivity index (χ1) is 10.7. The molecule has 1 amide bonds. The minimum Gasteiger partial charge on any atom is -0.354 e. The molecular weight excluding hydrogens is 367 g/mol. The highest BCUT2D eigenvalue weighted by Gasteiger charge is 2.24. The molecule has 2 saturated heterocycles. The van der Waals surface area contributed by atoms with E-state index in [1.807, 2.05) is 0 Å². The summed E-state index contributed by atoms with van der Waals surface area (Å²) in [5.41, 5.74) is 1.20. The van der Waals surface area contributed by atoms with E-state index in [9.17, 15) is 4.79 Å². The number of carbonyl (C=O) groups is 1. The molecule has 1 atom stereocenters. The summed E-state index contributed by atoms with van der Waals surface area (Å²) in [4.78, 5) is 19.0. The number of carbonyl (C=O) groups excluding carboxylic acids is 1. The SMILES string of the molecule is Cc1nc(CN2CCC(CNC(=O)C3CCCN3)CC2)cs1.Cl.Cl. The second-order valence-electron chi connectivity index (χ2n) is 6.47. The van der Waals surface area contributed by atoms with Gasteiger partial charge in [-0.1, -0.05) is 0 Å². The first kappa shape index (κ1) is 21.6. The number of likely N-dealkylation sites (tertiary alicyclic amines) is 1. The highest BCUT2D eigenvalue weighted by molar-refractivity contribution is 7.09. The molecule has 1 unspecified atom stereocenters. The van der Waals surface area contributed by atoms with Crippen LogP contribution in [0, 0.1) is 12.8 Å². The number of piperidine rings is 1. The Morgan fingerprint density at radius 3 is 2.71 bits per heavy atom. The van der Waals surface area contributed by atoms with E-state index in [-0.39, 0.29) is 36.8 Å². The van der Waals surface area contributed by atoms with Crippen molar-refractivity contribution in [2.24, 2.45) is 5.92 Å². The standard InChI is InChI=1S/C16H26N4OS.2ClH/c1-12-19-14(11-22-12)10-20-7-4-13(5-8-20)9-18-16(21)15-3-2-6-17-15;;/h11,13,15,17H,2-10H2,1H3,(H,18,21);2*1H. The number of hydrogen-bond donors (Lipinski definition) is 2. The number of aryl methyl sites for hydroxylation is 1. The van der Waals surface area contributed by atoms with Crippen LogP contribution in [0.3, 0.4) is 0 Å². The molecular formula is C16H28Cl2N4OS. The van der Waals surface area contributed by atoms with E-state index in [1.54, 1.807) is 11.3 Å². The predicted molar refractivity (Wildman–Crippen MR) is 103 cm³/mol. The molecule has 2 N–H and O–H groups in total. The van der Waals surface area contributed by atoms with Crippen LogP contribution < -0.4 is 10.6 Å². The number of hydrogen-bond acceptors (Lipinski definition) is 5. The third-order valence-electron chi connectivity index (χ3n) is 4.70. The molecule has 0 aromatic carbocycles. The van der Waals surface area contributed by atoms with Crippen LogP contribution in [0.4, 0.5) is 0 Å². The molecule has 0 spiro atoms. The monoisotopic (exact) mass is 394 g/mol. The van der Waals surface area contributed by atoms with Crippen molar-refractivity contribution >= 4 is 42.1 Å². The Kier molecular flexibility index (Phi) is 9.52. The van der Waals surface area contributed by atoms with Crippen LogP contribution in [0.5, 0.6) is 0 Å². The van der Waals surface area contributed by atoms with E-state index in [0.29, 0.717) is 5.92 Å². The van der Waals surface area contributed by atoms with Gasteiger partial charge in [0.15, 0.2) is 0 Å². The Balaban J connectivity index is 0.00000144. The van der Waals surface area contributed by atoms with Crippen molar-refractivity contribution in [1.82, 2.24) is 20.5 Å². The van der Waals surface area contributed by atoms with Crippen LogP contribution in [0.15, 0.2) is 5.38 Å². The van der Waals surface area contributed by atoms with Crippen molar-refractivity contribution in [2.75, 3.05) is 26.2 Å². The molecule has 0 aliphatic carbocycles. The maximum Gasteiger partial charge on any atom is 0.237 e. The van der Waals surface area contributed by atoms with Crippen LogP contribution in [-0.4, -0.2) is 48.0 Å². The number of rotatable bonds is 5. The van der Waals surface area contributed by atoms with Gasteiger partial charge >= 0.3 is 0 Å². The summed E-state index contributed by atoms with van der Waals surface area (Å²) in [6.07, 6.45) is 4.44. The number of thiazole rings is 1. The Labute approximate surface area is 160 Å². The number of nitrogens with zero attached hydrogens (tertiary/aromatic N) is 2. The Hall–Kier alpha value is -0.400. The van der Waals surface area contributed by atoms with E-state index in [1.165, 1.54) is 18.5 Å². The normalized spacial score (nSPS) is 21.8. The first-order valence-corrected chi connectivity index (χ1v) is 9.23. The largest absolute Gasteiger partial charge is 0.354 e. The van der Waals surface area contributed by atoms with Gasteiger partial charge in [0.1, 0.15) is 0 Å². The molecule has 0 saturated carbocycles. The molecule has 138 valence electrons. The van der Waals surface area contributed by atoms with E-state index >= 15 is 0 Å². The summed E-state index contributed by atoms with van der Waals surface area (Å²) in [5.74, 6) is 0.816. The second-order valence-corrected chi connectivity index (χ2v) is 7.53. The highest BCUT2D eigenvalue weighted by atomic mass is 35.5. The highest BCUT2D eigenvalue weighted by Crippen LogP contribution is 2.19. The van der Waals surface area contributed by atoms with Gasteiger partial charge in [0.25, 0.3) is 0 Å². The van der Waals surface area contributed by atoms with Gasteiger partial charge in [-0.3, -0.25) is 9.69 Å². The third kappa shape index (κ3) is 6.15. The minimum absolute atomic E-state index is 0. The van der Waals surface area contributed by atoms with Gasteiger partial charge in [-0.15, -0.1) is 36.2 Å². The zero-order valence-electron chi connectivity index (χ0n) is 14.1. The predicted octanol–water partition coefficient (Wildman–Crippen LogP) is 2.38. The van der Waals surface area contributed by atoms with E-state index in [4.69, 9.17) is 0 Å². The van der Waals surface area contributed by atoms with Crippen molar-refractivity contribution in [3.8, 4) is 0 Å². The lowest BCUT2D eigenvalue weighted by Crippen LogP contribution is -2.44. The molecule has 3 heterocycles. The fourth-order valence-corrected chi connectivity index (χ4v) is 3.94. The first-order valence-electron chi connectivity index (χ1n) is 8.35. The van der Waals surface area contributed by atoms with Gasteiger partial charge in [-0.2, -0.15) is 0 Å². The summed E-state index contributed by atoms with van der Waals surface area (Å²) in [6, 6.07) is 0.0491. The van der Waals surface area contributed by atoms with Gasteiger partial charge < -0.3 is 10.6 Å². The quantitative estimate of drug-likeness (QED) is 0.804. The van der Waals surface area contributed by atoms with Gasteiger partial charge in [0.2, 0.25) is 5.91 Å².